The third-order valence-corrected chi connectivity index (χ3v) is 2.50. The summed E-state index contributed by atoms with van der Waals surface area (Å²) >= 11 is 5.98. The molecule has 1 aromatic rings. The molecule has 14 heavy (non-hydrogen) atoms. The Balaban J connectivity index is 3.05. The van der Waals surface area contributed by atoms with Gasteiger partial charge in [-0.1, -0.05) is 25.4 Å². The average Bonchev–Trinajstić information content (AvgIpc) is 2.17. The van der Waals surface area contributed by atoms with Gasteiger partial charge in [0.25, 0.3) is 0 Å². The van der Waals surface area contributed by atoms with Gasteiger partial charge in [0.1, 0.15) is 5.75 Å². The van der Waals surface area contributed by atoms with Crippen LogP contribution in [0.3, 0.4) is 0 Å². The number of methoxy groups -OCH3 is 1. The lowest BCUT2D eigenvalue weighted by molar-refractivity contribution is 0.126. The van der Waals surface area contributed by atoms with Crippen LogP contribution >= 0.6 is 11.6 Å². The van der Waals surface area contributed by atoms with E-state index in [1.54, 1.807) is 25.3 Å². The van der Waals surface area contributed by atoms with Gasteiger partial charge in [0.15, 0.2) is 0 Å². The van der Waals surface area contributed by atoms with E-state index in [0.717, 1.165) is 5.56 Å². The summed E-state index contributed by atoms with van der Waals surface area (Å²) in [5.74, 6) is 0.851. The third-order valence-electron chi connectivity index (χ3n) is 2.15. The minimum Gasteiger partial charge on any atom is -0.497 e. The van der Waals surface area contributed by atoms with Gasteiger partial charge in [0, 0.05) is 10.6 Å². The monoisotopic (exact) mass is 214 g/mol. The lowest BCUT2D eigenvalue weighted by Crippen LogP contribution is -2.06. The Kier molecular flexibility index (Phi) is 3.78. The van der Waals surface area contributed by atoms with Gasteiger partial charge < -0.3 is 9.84 Å². The molecule has 1 unspecified atom stereocenters. The van der Waals surface area contributed by atoms with Crippen molar-refractivity contribution >= 4 is 11.6 Å². The maximum atomic E-state index is 9.86. The molecule has 0 saturated carbocycles. The number of halogens is 1. The van der Waals surface area contributed by atoms with E-state index >= 15 is 0 Å². The fourth-order valence-electron chi connectivity index (χ4n) is 1.23. The first-order chi connectivity index (χ1) is 6.56. The van der Waals surface area contributed by atoms with Gasteiger partial charge in [-0.25, -0.2) is 0 Å². The zero-order valence-electron chi connectivity index (χ0n) is 8.62. The lowest BCUT2D eigenvalue weighted by Gasteiger charge is -2.16. The zero-order chi connectivity index (χ0) is 10.7. The highest BCUT2D eigenvalue weighted by atomic mass is 35.5. The van der Waals surface area contributed by atoms with Crippen LogP contribution in [0.25, 0.3) is 0 Å². The van der Waals surface area contributed by atoms with Crippen molar-refractivity contribution in [2.45, 2.75) is 20.0 Å². The number of aliphatic hydroxyl groups excluding tert-OH is 1. The largest absolute Gasteiger partial charge is 0.497 e. The van der Waals surface area contributed by atoms with Crippen molar-refractivity contribution in [1.29, 1.82) is 0 Å². The molecule has 0 radical (unpaired) electrons. The number of ether oxygens (including phenoxy) is 1. The molecule has 1 atom stereocenters. The van der Waals surface area contributed by atoms with Gasteiger partial charge in [-0.2, -0.15) is 0 Å². The van der Waals surface area contributed by atoms with Crippen LogP contribution in [0.1, 0.15) is 25.5 Å². The molecule has 0 aromatic heterocycles. The highest BCUT2D eigenvalue weighted by Gasteiger charge is 2.15. The molecular formula is C11H15ClO2. The molecule has 0 aliphatic rings. The van der Waals surface area contributed by atoms with Crippen LogP contribution in [-0.2, 0) is 0 Å². The lowest BCUT2D eigenvalue weighted by atomic mass is 9.99. The molecule has 0 spiro atoms. The van der Waals surface area contributed by atoms with Gasteiger partial charge >= 0.3 is 0 Å². The van der Waals surface area contributed by atoms with Crippen molar-refractivity contribution in [1.82, 2.24) is 0 Å². The summed E-state index contributed by atoms with van der Waals surface area (Å²) in [6, 6.07) is 5.28. The Morgan fingerprint density at radius 3 is 2.50 bits per heavy atom. The summed E-state index contributed by atoms with van der Waals surface area (Å²) in [5, 5.41) is 10.4. The number of hydrogen-bond acceptors (Lipinski definition) is 2. The Hall–Kier alpha value is -0.730. The molecule has 0 aliphatic heterocycles. The van der Waals surface area contributed by atoms with Crippen LogP contribution < -0.4 is 4.74 Å². The number of rotatable bonds is 3. The van der Waals surface area contributed by atoms with Crippen molar-refractivity contribution in [3.63, 3.8) is 0 Å². The second-order valence-electron chi connectivity index (χ2n) is 3.58. The number of aliphatic hydroxyl groups is 1. The van der Waals surface area contributed by atoms with Gasteiger partial charge in [-0.05, 0) is 24.1 Å². The van der Waals surface area contributed by atoms with E-state index in [1.165, 1.54) is 0 Å². The highest BCUT2D eigenvalue weighted by Crippen LogP contribution is 2.31. The van der Waals surface area contributed by atoms with Gasteiger partial charge in [0.2, 0.25) is 0 Å². The molecule has 78 valence electrons. The smallest absolute Gasteiger partial charge is 0.119 e. The molecule has 0 heterocycles. The predicted octanol–water partition coefficient (Wildman–Crippen LogP) is 3.04. The summed E-state index contributed by atoms with van der Waals surface area (Å²) in [6.45, 7) is 3.89. The molecule has 1 rings (SSSR count). The summed E-state index contributed by atoms with van der Waals surface area (Å²) in [4.78, 5) is 0. The first-order valence-corrected chi connectivity index (χ1v) is 4.95. The van der Waals surface area contributed by atoms with Crippen molar-refractivity contribution in [2.24, 2.45) is 5.92 Å². The van der Waals surface area contributed by atoms with E-state index in [2.05, 4.69) is 0 Å². The fourth-order valence-corrected chi connectivity index (χ4v) is 1.46. The minimum absolute atomic E-state index is 0.139. The standard InChI is InChI=1S/C11H15ClO2/c1-7(2)11(13)9-6-8(14-3)4-5-10(9)12/h4-7,11,13H,1-3H3. The van der Waals surface area contributed by atoms with E-state index in [1.807, 2.05) is 13.8 Å². The van der Waals surface area contributed by atoms with Crippen LogP contribution in [-0.4, -0.2) is 12.2 Å². The summed E-state index contributed by atoms with van der Waals surface area (Å²) < 4.78 is 5.07. The van der Waals surface area contributed by atoms with E-state index < -0.39 is 6.10 Å². The first kappa shape index (κ1) is 11.3. The quantitative estimate of drug-likeness (QED) is 0.838. The minimum atomic E-state index is -0.544. The second-order valence-corrected chi connectivity index (χ2v) is 3.98. The highest BCUT2D eigenvalue weighted by molar-refractivity contribution is 6.31. The van der Waals surface area contributed by atoms with Gasteiger partial charge in [0.05, 0.1) is 13.2 Å². The average molecular weight is 215 g/mol. The zero-order valence-corrected chi connectivity index (χ0v) is 9.38. The molecule has 0 bridgehead atoms. The molecule has 1 N–H and O–H groups in total. The Morgan fingerprint density at radius 2 is 2.00 bits per heavy atom. The van der Waals surface area contributed by atoms with E-state index in [9.17, 15) is 5.11 Å². The molecule has 0 fully saturated rings. The maximum Gasteiger partial charge on any atom is 0.119 e. The van der Waals surface area contributed by atoms with E-state index in [-0.39, 0.29) is 5.92 Å². The Labute approximate surface area is 89.5 Å². The van der Waals surface area contributed by atoms with Gasteiger partial charge in [-0.3, -0.25) is 0 Å². The van der Waals surface area contributed by atoms with Crippen molar-refractivity contribution < 1.29 is 9.84 Å². The number of hydrogen-bond donors (Lipinski definition) is 1. The molecule has 3 heteroatoms. The second kappa shape index (κ2) is 4.67. The van der Waals surface area contributed by atoms with E-state index in [0.29, 0.717) is 10.8 Å². The van der Waals surface area contributed by atoms with Crippen LogP contribution in [0, 0.1) is 5.92 Å². The maximum absolute atomic E-state index is 9.86. The molecular weight excluding hydrogens is 200 g/mol. The van der Waals surface area contributed by atoms with E-state index in [4.69, 9.17) is 16.3 Å². The summed E-state index contributed by atoms with van der Waals surface area (Å²) in [6.07, 6.45) is -0.544. The fraction of sp³-hybridized carbons (Fsp3) is 0.455. The van der Waals surface area contributed by atoms with Gasteiger partial charge in [-0.15, -0.1) is 0 Å². The Bertz CT molecular complexity index is 310. The number of benzene rings is 1. The Morgan fingerprint density at radius 1 is 1.36 bits per heavy atom. The molecule has 0 amide bonds. The van der Waals surface area contributed by atoms with Crippen LogP contribution in [0.5, 0.6) is 5.75 Å². The van der Waals surface area contributed by atoms with Crippen molar-refractivity contribution in [3.8, 4) is 5.75 Å². The van der Waals surface area contributed by atoms with Crippen molar-refractivity contribution in [2.75, 3.05) is 7.11 Å². The molecule has 0 aliphatic carbocycles. The molecule has 2 nitrogen and oxygen atoms in total. The van der Waals surface area contributed by atoms with Crippen molar-refractivity contribution in [3.05, 3.63) is 28.8 Å². The molecule has 1 aromatic carbocycles. The normalized spacial score (nSPS) is 13.0. The van der Waals surface area contributed by atoms with Crippen LogP contribution in [0.2, 0.25) is 5.02 Å². The summed E-state index contributed by atoms with van der Waals surface area (Å²) in [5.41, 5.74) is 0.723. The topological polar surface area (TPSA) is 29.5 Å². The summed E-state index contributed by atoms with van der Waals surface area (Å²) in [7, 11) is 1.59. The third kappa shape index (κ3) is 2.40. The molecule has 0 saturated heterocycles. The van der Waals surface area contributed by atoms with Crippen LogP contribution in [0.15, 0.2) is 18.2 Å². The predicted molar refractivity (Wildman–Crippen MR) is 57.8 cm³/mol. The SMILES string of the molecule is COc1ccc(Cl)c(C(O)C(C)C)c1. The van der Waals surface area contributed by atoms with Crippen LogP contribution in [0.4, 0.5) is 0 Å². The first-order valence-electron chi connectivity index (χ1n) is 4.57.